The molecule has 0 aromatic heterocycles. The van der Waals surface area contributed by atoms with Crippen molar-refractivity contribution in [3.63, 3.8) is 0 Å². The third kappa shape index (κ3) is 11.2. The van der Waals surface area contributed by atoms with Crippen molar-refractivity contribution in [2.75, 3.05) is 13.3 Å². The van der Waals surface area contributed by atoms with Crippen LogP contribution in [0.15, 0.2) is 0 Å². The minimum Gasteiger partial charge on any atom is -0.450 e. The zero-order valence-corrected chi connectivity index (χ0v) is 8.51. The topological polar surface area (TPSA) is 46.5 Å². The molecule has 0 atom stereocenters. The zero-order valence-electron chi connectivity index (χ0n) is 8.51. The molecule has 0 rings (SSSR count). The summed E-state index contributed by atoms with van der Waals surface area (Å²) in [7, 11) is 0. The van der Waals surface area contributed by atoms with Crippen molar-refractivity contribution in [1.82, 2.24) is 0 Å². The van der Waals surface area contributed by atoms with Crippen LogP contribution in [0.4, 0.5) is 9.18 Å². The van der Waals surface area contributed by atoms with E-state index in [0.29, 0.717) is 13.0 Å². The van der Waals surface area contributed by atoms with Crippen molar-refractivity contribution in [1.29, 1.82) is 0 Å². The van der Waals surface area contributed by atoms with Crippen LogP contribution in [-0.2, 0) is 4.74 Å². The van der Waals surface area contributed by atoms with Gasteiger partial charge in [0, 0.05) is 0 Å². The average molecular weight is 206 g/mol. The molecule has 0 saturated carbocycles. The van der Waals surface area contributed by atoms with Gasteiger partial charge in [0.15, 0.2) is 0 Å². The van der Waals surface area contributed by atoms with E-state index in [0.717, 1.165) is 38.5 Å². The molecule has 0 aromatic rings. The van der Waals surface area contributed by atoms with Crippen LogP contribution in [-0.4, -0.2) is 24.5 Å². The van der Waals surface area contributed by atoms with E-state index in [1.165, 1.54) is 0 Å². The molecule has 1 N–H and O–H groups in total. The lowest BCUT2D eigenvalue weighted by Gasteiger charge is -2.01. The van der Waals surface area contributed by atoms with Gasteiger partial charge in [-0.25, -0.2) is 4.79 Å². The summed E-state index contributed by atoms with van der Waals surface area (Å²) >= 11 is 0. The molecule has 0 unspecified atom stereocenters. The summed E-state index contributed by atoms with van der Waals surface area (Å²) in [4.78, 5) is 9.95. The number of carboxylic acid groups (broad SMARTS) is 1. The molecule has 3 nitrogen and oxygen atoms in total. The maximum absolute atomic E-state index is 11.7. The zero-order chi connectivity index (χ0) is 10.6. The summed E-state index contributed by atoms with van der Waals surface area (Å²) in [6.45, 7) is 0.0757. The Bertz CT molecular complexity index is 139. The number of alkyl halides is 1. The normalized spacial score (nSPS) is 10.1. The first-order valence-electron chi connectivity index (χ1n) is 5.19. The molecule has 0 heterocycles. The molecule has 4 heteroatoms. The minimum atomic E-state index is -1.20. The second kappa shape index (κ2) is 10.3. The SMILES string of the molecule is O=C(O)OCCCCCCCCCF. The minimum absolute atomic E-state index is 0.216. The fourth-order valence-electron chi connectivity index (χ4n) is 1.24. The third-order valence-corrected chi connectivity index (χ3v) is 2.00. The predicted octanol–water partition coefficient (Wildman–Crippen LogP) is 3.38. The van der Waals surface area contributed by atoms with Crippen molar-refractivity contribution >= 4 is 6.16 Å². The Morgan fingerprint density at radius 1 is 1.00 bits per heavy atom. The van der Waals surface area contributed by atoms with Gasteiger partial charge in [-0.2, -0.15) is 0 Å². The van der Waals surface area contributed by atoms with Gasteiger partial charge in [0.1, 0.15) is 0 Å². The highest BCUT2D eigenvalue weighted by Gasteiger charge is 1.95. The van der Waals surface area contributed by atoms with Crippen molar-refractivity contribution in [3.8, 4) is 0 Å². The van der Waals surface area contributed by atoms with Gasteiger partial charge < -0.3 is 9.84 Å². The lowest BCUT2D eigenvalue weighted by molar-refractivity contribution is 0.0899. The first-order chi connectivity index (χ1) is 6.77. The van der Waals surface area contributed by atoms with Crippen molar-refractivity contribution in [2.45, 2.75) is 44.9 Å². The highest BCUT2D eigenvalue weighted by Crippen LogP contribution is 2.07. The molecule has 0 aliphatic heterocycles. The van der Waals surface area contributed by atoms with E-state index < -0.39 is 6.16 Å². The smallest absolute Gasteiger partial charge is 0.450 e. The Labute approximate surface area is 84.3 Å². The third-order valence-electron chi connectivity index (χ3n) is 2.00. The number of rotatable bonds is 9. The standard InChI is InChI=1S/C10H19FO3/c11-8-6-4-2-1-3-5-7-9-14-10(12)13/h1-9H2,(H,12,13). The molecular weight excluding hydrogens is 187 g/mol. The summed E-state index contributed by atoms with van der Waals surface area (Å²) in [6, 6.07) is 0. The summed E-state index contributed by atoms with van der Waals surface area (Å²) in [5, 5.41) is 8.16. The van der Waals surface area contributed by atoms with Gasteiger partial charge >= 0.3 is 6.16 Å². The summed E-state index contributed by atoms with van der Waals surface area (Å²) in [5.74, 6) is 0. The maximum Gasteiger partial charge on any atom is 0.505 e. The number of hydrogen-bond donors (Lipinski definition) is 1. The van der Waals surface area contributed by atoms with E-state index in [2.05, 4.69) is 4.74 Å². The van der Waals surface area contributed by atoms with E-state index >= 15 is 0 Å². The lowest BCUT2D eigenvalue weighted by Crippen LogP contribution is -2.01. The van der Waals surface area contributed by atoms with Gasteiger partial charge in [-0.3, -0.25) is 4.39 Å². The van der Waals surface area contributed by atoms with Crippen LogP contribution in [0.2, 0.25) is 0 Å². The van der Waals surface area contributed by atoms with Crippen LogP contribution in [0.1, 0.15) is 44.9 Å². The van der Waals surface area contributed by atoms with Crippen LogP contribution in [0.25, 0.3) is 0 Å². The van der Waals surface area contributed by atoms with E-state index in [1.807, 2.05) is 0 Å². The van der Waals surface area contributed by atoms with E-state index in [9.17, 15) is 9.18 Å². The van der Waals surface area contributed by atoms with Gasteiger partial charge in [-0.15, -0.1) is 0 Å². The molecule has 0 radical (unpaired) electrons. The molecule has 84 valence electrons. The fourth-order valence-corrected chi connectivity index (χ4v) is 1.24. The van der Waals surface area contributed by atoms with Crippen molar-refractivity contribution in [3.05, 3.63) is 0 Å². The number of halogens is 1. The first-order valence-corrected chi connectivity index (χ1v) is 5.19. The van der Waals surface area contributed by atoms with Crippen molar-refractivity contribution < 1.29 is 19.0 Å². The average Bonchev–Trinajstić information content (AvgIpc) is 2.15. The Morgan fingerprint density at radius 2 is 1.50 bits per heavy atom. The highest BCUT2D eigenvalue weighted by molar-refractivity contribution is 5.56. The molecule has 0 amide bonds. The monoisotopic (exact) mass is 206 g/mol. The first kappa shape index (κ1) is 13.2. The summed E-state index contributed by atoms with van der Waals surface area (Å²) in [6.07, 6.45) is 5.46. The quantitative estimate of drug-likeness (QED) is 0.464. The van der Waals surface area contributed by atoms with Gasteiger partial charge in [-0.05, 0) is 12.8 Å². The maximum atomic E-state index is 11.7. The Kier molecular flexibility index (Phi) is 9.69. The molecule has 0 bridgehead atoms. The molecule has 0 saturated heterocycles. The Balaban J connectivity index is 2.88. The molecule has 14 heavy (non-hydrogen) atoms. The van der Waals surface area contributed by atoms with Gasteiger partial charge in [0.05, 0.1) is 13.3 Å². The second-order valence-electron chi connectivity index (χ2n) is 3.28. The predicted molar refractivity (Wildman–Crippen MR) is 52.3 cm³/mol. The molecule has 0 aliphatic carbocycles. The number of hydrogen-bond acceptors (Lipinski definition) is 2. The number of ether oxygens (including phenoxy) is 1. The number of carbonyl (C=O) groups is 1. The highest BCUT2D eigenvalue weighted by atomic mass is 19.1. The van der Waals surface area contributed by atoms with Crippen LogP contribution < -0.4 is 0 Å². The van der Waals surface area contributed by atoms with Gasteiger partial charge in [0.2, 0.25) is 0 Å². The molecule has 0 aromatic carbocycles. The summed E-state index contributed by atoms with van der Waals surface area (Å²) < 4.78 is 16.0. The van der Waals surface area contributed by atoms with Crippen LogP contribution in [0.5, 0.6) is 0 Å². The van der Waals surface area contributed by atoms with E-state index in [-0.39, 0.29) is 6.67 Å². The molecule has 0 fully saturated rings. The van der Waals surface area contributed by atoms with Crippen LogP contribution in [0.3, 0.4) is 0 Å². The molecule has 0 aliphatic rings. The van der Waals surface area contributed by atoms with E-state index in [1.54, 1.807) is 0 Å². The van der Waals surface area contributed by atoms with Crippen LogP contribution >= 0.6 is 0 Å². The molecular formula is C10H19FO3. The van der Waals surface area contributed by atoms with E-state index in [4.69, 9.17) is 5.11 Å². The Hall–Kier alpha value is -0.800. The Morgan fingerprint density at radius 3 is 2.00 bits per heavy atom. The van der Waals surface area contributed by atoms with Gasteiger partial charge in [0.25, 0.3) is 0 Å². The fraction of sp³-hybridized carbons (Fsp3) is 0.900. The largest absolute Gasteiger partial charge is 0.505 e. The van der Waals surface area contributed by atoms with Crippen LogP contribution in [0, 0.1) is 0 Å². The van der Waals surface area contributed by atoms with Crippen molar-refractivity contribution in [2.24, 2.45) is 0 Å². The number of unbranched alkanes of at least 4 members (excludes halogenated alkanes) is 6. The second-order valence-corrected chi connectivity index (χ2v) is 3.28. The summed E-state index contributed by atoms with van der Waals surface area (Å²) in [5.41, 5.74) is 0. The lowest BCUT2D eigenvalue weighted by atomic mass is 10.1. The van der Waals surface area contributed by atoms with Gasteiger partial charge in [-0.1, -0.05) is 32.1 Å². The molecule has 0 spiro atoms.